The van der Waals surface area contributed by atoms with Gasteiger partial charge in [-0.2, -0.15) is 5.10 Å². The van der Waals surface area contributed by atoms with Gasteiger partial charge in [-0.05, 0) is 48.9 Å². The van der Waals surface area contributed by atoms with Gasteiger partial charge in [-0.1, -0.05) is 29.3 Å². The van der Waals surface area contributed by atoms with Crippen LogP contribution in [-0.4, -0.2) is 25.4 Å². The third-order valence-corrected chi connectivity index (χ3v) is 5.56. The molecule has 0 aliphatic carbocycles. The fraction of sp³-hybridized carbons (Fsp3) is 0.136. The average molecular weight is 460 g/mol. The molecule has 0 radical (unpaired) electrons. The van der Waals surface area contributed by atoms with Gasteiger partial charge < -0.3 is 9.67 Å². The molecule has 0 atom stereocenters. The molecule has 4 rings (SSSR count). The first-order valence-corrected chi connectivity index (χ1v) is 10.0. The topological polar surface area (TPSA) is 77.1 Å². The minimum atomic E-state index is -0.982. The predicted molar refractivity (Wildman–Crippen MR) is 117 cm³/mol. The summed E-state index contributed by atoms with van der Waals surface area (Å²) in [5.41, 5.74) is 2.69. The smallest absolute Gasteiger partial charge is 0.323 e. The molecule has 0 unspecified atom stereocenters. The van der Waals surface area contributed by atoms with Crippen LogP contribution < -0.4 is 5.56 Å². The van der Waals surface area contributed by atoms with Gasteiger partial charge >= 0.3 is 5.97 Å². The van der Waals surface area contributed by atoms with Crippen molar-refractivity contribution in [3.63, 3.8) is 0 Å². The number of carboxylic acid groups (broad SMARTS) is 1. The summed E-state index contributed by atoms with van der Waals surface area (Å²) in [6.07, 6.45) is 0. The summed E-state index contributed by atoms with van der Waals surface area (Å²) in [5.74, 6) is -1.56. The number of aromatic nitrogens is 3. The molecular formula is C22H16Cl2FN3O3. The van der Waals surface area contributed by atoms with E-state index in [4.69, 9.17) is 23.2 Å². The molecule has 0 saturated heterocycles. The number of rotatable bonds is 5. The van der Waals surface area contributed by atoms with Crippen molar-refractivity contribution in [2.45, 2.75) is 20.0 Å². The molecule has 1 N–H and O–H groups in total. The third-order valence-electron chi connectivity index (χ3n) is 5.02. The molecule has 31 heavy (non-hydrogen) atoms. The Morgan fingerprint density at radius 3 is 2.61 bits per heavy atom. The standard InChI is InChI=1S/C22H16Cl2FN3O3/c1-12-22(15-9-14(23)3-6-19(15)27(12)11-21(30)31)18-5-7-20(29)28(26-18)10-13-2-4-16(24)17(25)8-13/h2-9H,10-11H2,1H3,(H,30,31). The highest BCUT2D eigenvalue weighted by atomic mass is 35.5. The Bertz CT molecular complexity index is 1400. The molecule has 2 aromatic carbocycles. The van der Waals surface area contributed by atoms with Gasteiger partial charge in [-0.15, -0.1) is 0 Å². The lowest BCUT2D eigenvalue weighted by molar-refractivity contribution is -0.137. The second-order valence-electron chi connectivity index (χ2n) is 7.06. The van der Waals surface area contributed by atoms with Crippen LogP contribution in [0.15, 0.2) is 53.3 Å². The van der Waals surface area contributed by atoms with Gasteiger partial charge in [0.25, 0.3) is 5.56 Å². The number of hydrogen-bond acceptors (Lipinski definition) is 3. The van der Waals surface area contributed by atoms with E-state index >= 15 is 0 Å². The van der Waals surface area contributed by atoms with Crippen molar-refractivity contribution < 1.29 is 14.3 Å². The van der Waals surface area contributed by atoms with Crippen molar-refractivity contribution in [3.05, 3.63) is 86.0 Å². The summed E-state index contributed by atoms with van der Waals surface area (Å²) >= 11 is 11.9. The fourth-order valence-electron chi connectivity index (χ4n) is 3.62. The highest BCUT2D eigenvalue weighted by Gasteiger charge is 2.19. The maximum atomic E-state index is 13.8. The van der Waals surface area contributed by atoms with Gasteiger partial charge in [0.15, 0.2) is 0 Å². The van der Waals surface area contributed by atoms with Gasteiger partial charge in [0.05, 0.1) is 17.3 Å². The van der Waals surface area contributed by atoms with Crippen LogP contribution in [0.4, 0.5) is 4.39 Å². The SMILES string of the molecule is Cc1c(-c2ccc(=O)n(Cc3ccc(Cl)c(F)c3)n2)c2cc(Cl)ccc2n1CC(=O)O. The lowest BCUT2D eigenvalue weighted by Crippen LogP contribution is -2.23. The lowest BCUT2D eigenvalue weighted by atomic mass is 10.1. The maximum Gasteiger partial charge on any atom is 0.323 e. The van der Waals surface area contributed by atoms with E-state index in [1.807, 2.05) is 0 Å². The van der Waals surface area contributed by atoms with E-state index in [9.17, 15) is 19.1 Å². The third kappa shape index (κ3) is 4.06. The van der Waals surface area contributed by atoms with Gasteiger partial charge in [0, 0.05) is 33.2 Å². The number of carboxylic acids is 1. The summed E-state index contributed by atoms with van der Waals surface area (Å²) in [5, 5.41) is 15.0. The largest absolute Gasteiger partial charge is 0.480 e. The molecule has 0 saturated carbocycles. The molecule has 0 aliphatic heterocycles. The summed E-state index contributed by atoms with van der Waals surface area (Å²) < 4.78 is 16.7. The van der Waals surface area contributed by atoms with Crippen LogP contribution in [0, 0.1) is 12.7 Å². The number of benzene rings is 2. The summed E-state index contributed by atoms with van der Waals surface area (Å²) in [6.45, 7) is 1.61. The molecule has 0 amide bonds. The number of nitrogens with zero attached hydrogens (tertiary/aromatic N) is 3. The first-order chi connectivity index (χ1) is 14.7. The Kier molecular flexibility index (Phi) is 5.56. The molecule has 0 bridgehead atoms. The Hall–Kier alpha value is -3.16. The molecule has 0 fully saturated rings. The molecule has 4 aromatic rings. The minimum Gasteiger partial charge on any atom is -0.480 e. The lowest BCUT2D eigenvalue weighted by Gasteiger charge is -2.09. The first kappa shape index (κ1) is 21.1. The van der Waals surface area contributed by atoms with Crippen molar-refractivity contribution >= 4 is 40.1 Å². The fourth-order valence-corrected chi connectivity index (χ4v) is 3.91. The number of aliphatic carboxylic acids is 1. The highest BCUT2D eigenvalue weighted by molar-refractivity contribution is 6.31. The Morgan fingerprint density at radius 1 is 1.13 bits per heavy atom. The van der Waals surface area contributed by atoms with Crippen LogP contribution in [0.5, 0.6) is 0 Å². The van der Waals surface area contributed by atoms with Crippen molar-refractivity contribution in [3.8, 4) is 11.3 Å². The Morgan fingerprint density at radius 2 is 1.90 bits per heavy atom. The minimum absolute atomic E-state index is 0.00319. The quantitative estimate of drug-likeness (QED) is 0.466. The predicted octanol–water partition coefficient (Wildman–Crippen LogP) is 4.75. The molecule has 0 spiro atoms. The average Bonchev–Trinajstić information content (AvgIpc) is 2.97. The monoisotopic (exact) mass is 459 g/mol. The zero-order valence-electron chi connectivity index (χ0n) is 16.3. The zero-order valence-corrected chi connectivity index (χ0v) is 17.8. The number of carbonyl (C=O) groups is 1. The van der Waals surface area contributed by atoms with E-state index in [1.165, 1.54) is 22.9 Å². The molecule has 2 aromatic heterocycles. The maximum absolute atomic E-state index is 13.8. The molecular weight excluding hydrogens is 444 g/mol. The van der Waals surface area contributed by atoms with E-state index < -0.39 is 11.8 Å². The molecule has 0 aliphatic rings. The van der Waals surface area contributed by atoms with Crippen LogP contribution in [0.3, 0.4) is 0 Å². The van der Waals surface area contributed by atoms with E-state index in [1.54, 1.807) is 41.8 Å². The van der Waals surface area contributed by atoms with Gasteiger partial charge in [-0.3, -0.25) is 9.59 Å². The van der Waals surface area contributed by atoms with Crippen LogP contribution >= 0.6 is 23.2 Å². The highest BCUT2D eigenvalue weighted by Crippen LogP contribution is 2.35. The normalized spacial score (nSPS) is 11.2. The molecule has 158 valence electrons. The van der Waals surface area contributed by atoms with Crippen molar-refractivity contribution in [1.82, 2.24) is 14.3 Å². The van der Waals surface area contributed by atoms with Crippen LogP contribution in [-0.2, 0) is 17.9 Å². The first-order valence-electron chi connectivity index (χ1n) is 9.27. The summed E-state index contributed by atoms with van der Waals surface area (Å²) in [7, 11) is 0. The van der Waals surface area contributed by atoms with Gasteiger partial charge in [0.1, 0.15) is 12.4 Å². The summed E-state index contributed by atoms with van der Waals surface area (Å²) in [4.78, 5) is 23.8. The van der Waals surface area contributed by atoms with E-state index in [0.29, 0.717) is 33.1 Å². The summed E-state index contributed by atoms with van der Waals surface area (Å²) in [6, 6.07) is 12.4. The van der Waals surface area contributed by atoms with E-state index in [2.05, 4.69) is 5.10 Å². The number of halogens is 3. The molecule has 6 nitrogen and oxygen atoms in total. The molecule has 2 heterocycles. The Balaban J connectivity index is 1.86. The number of hydrogen-bond donors (Lipinski definition) is 1. The second-order valence-corrected chi connectivity index (χ2v) is 7.91. The van der Waals surface area contributed by atoms with Crippen LogP contribution in [0.1, 0.15) is 11.3 Å². The van der Waals surface area contributed by atoms with Crippen LogP contribution in [0.25, 0.3) is 22.2 Å². The Labute approximate surface area is 186 Å². The van der Waals surface area contributed by atoms with Crippen LogP contribution in [0.2, 0.25) is 10.0 Å². The van der Waals surface area contributed by atoms with Crippen molar-refractivity contribution in [2.75, 3.05) is 0 Å². The van der Waals surface area contributed by atoms with E-state index in [-0.39, 0.29) is 23.7 Å². The van der Waals surface area contributed by atoms with Gasteiger partial charge in [-0.25, -0.2) is 9.07 Å². The molecule has 9 heteroatoms. The van der Waals surface area contributed by atoms with Crippen molar-refractivity contribution in [1.29, 1.82) is 0 Å². The van der Waals surface area contributed by atoms with E-state index in [0.717, 1.165) is 5.39 Å². The zero-order chi connectivity index (χ0) is 22.3. The van der Waals surface area contributed by atoms with Crippen molar-refractivity contribution in [2.24, 2.45) is 0 Å². The second kappa shape index (κ2) is 8.17. The number of fused-ring (bicyclic) bond motifs is 1. The van der Waals surface area contributed by atoms with Gasteiger partial charge in [0.2, 0.25) is 0 Å².